The number of hydrogen-bond donors (Lipinski definition) is 1. The molecular weight excluding hydrogens is 198 g/mol. The molecule has 0 saturated heterocycles. The van der Waals surface area contributed by atoms with Gasteiger partial charge >= 0.3 is 0 Å². The number of hydrogen-bond acceptors (Lipinski definition) is 2. The molecule has 1 fully saturated rings. The average molecular weight is 219 g/mol. The van der Waals surface area contributed by atoms with Gasteiger partial charge in [0.15, 0.2) is 0 Å². The van der Waals surface area contributed by atoms with E-state index in [1.165, 1.54) is 18.4 Å². The maximum absolute atomic E-state index is 5.28. The highest BCUT2D eigenvalue weighted by atomic mass is 16.5. The Balaban J connectivity index is 2.13. The summed E-state index contributed by atoms with van der Waals surface area (Å²) in [7, 11) is 3.79. The summed E-state index contributed by atoms with van der Waals surface area (Å²) in [6.07, 6.45) is 2.50. The largest absolute Gasteiger partial charge is 0.497 e. The Kier molecular flexibility index (Phi) is 3.49. The van der Waals surface area contributed by atoms with Gasteiger partial charge in [-0.1, -0.05) is 25.5 Å². The van der Waals surface area contributed by atoms with Crippen LogP contribution in [-0.2, 0) is 0 Å². The fourth-order valence-corrected chi connectivity index (χ4v) is 2.86. The summed E-state index contributed by atoms with van der Waals surface area (Å²) in [4.78, 5) is 0. The molecule has 0 aliphatic heterocycles. The summed E-state index contributed by atoms with van der Waals surface area (Å²) in [6.45, 7) is 2.28. The Morgan fingerprint density at radius 2 is 2.25 bits per heavy atom. The molecule has 2 rings (SSSR count). The lowest BCUT2D eigenvalue weighted by Crippen LogP contribution is -2.47. The fraction of sp³-hybridized carbons (Fsp3) is 0.571. The van der Waals surface area contributed by atoms with Crippen LogP contribution in [0.3, 0.4) is 0 Å². The van der Waals surface area contributed by atoms with Crippen molar-refractivity contribution in [1.82, 2.24) is 5.32 Å². The zero-order valence-corrected chi connectivity index (χ0v) is 10.4. The van der Waals surface area contributed by atoms with E-state index in [0.29, 0.717) is 12.0 Å². The Bertz CT molecular complexity index is 350. The van der Waals surface area contributed by atoms with E-state index in [1.807, 2.05) is 6.07 Å². The van der Waals surface area contributed by atoms with E-state index in [4.69, 9.17) is 4.74 Å². The molecule has 0 radical (unpaired) electrons. The first-order valence-electron chi connectivity index (χ1n) is 6.11. The number of methoxy groups -OCH3 is 1. The Labute approximate surface area is 98.0 Å². The van der Waals surface area contributed by atoms with Crippen molar-refractivity contribution in [2.75, 3.05) is 14.2 Å². The number of nitrogens with one attached hydrogen (secondary N) is 1. The van der Waals surface area contributed by atoms with Crippen LogP contribution < -0.4 is 10.1 Å². The summed E-state index contributed by atoms with van der Waals surface area (Å²) in [5, 5.41) is 3.40. The van der Waals surface area contributed by atoms with Crippen LogP contribution in [0.25, 0.3) is 0 Å². The Hall–Kier alpha value is -1.02. The molecule has 1 aromatic carbocycles. The zero-order chi connectivity index (χ0) is 11.5. The fourth-order valence-electron chi connectivity index (χ4n) is 2.86. The minimum atomic E-state index is 0.696. The molecule has 1 aliphatic carbocycles. The lowest BCUT2D eigenvalue weighted by atomic mass is 9.65. The molecule has 1 aliphatic rings. The smallest absolute Gasteiger partial charge is 0.119 e. The second kappa shape index (κ2) is 4.88. The van der Waals surface area contributed by atoms with Gasteiger partial charge in [0.2, 0.25) is 0 Å². The molecule has 2 heteroatoms. The molecule has 2 nitrogen and oxygen atoms in total. The van der Waals surface area contributed by atoms with Gasteiger partial charge in [-0.25, -0.2) is 0 Å². The van der Waals surface area contributed by atoms with Gasteiger partial charge in [-0.2, -0.15) is 0 Å². The van der Waals surface area contributed by atoms with Crippen LogP contribution in [0.5, 0.6) is 5.75 Å². The van der Waals surface area contributed by atoms with Gasteiger partial charge in [-0.05, 0) is 43.0 Å². The average Bonchev–Trinajstić information content (AvgIpc) is 2.29. The molecule has 1 N–H and O–H groups in total. The minimum Gasteiger partial charge on any atom is -0.497 e. The minimum absolute atomic E-state index is 0.696. The molecular formula is C14H21NO. The predicted octanol–water partition coefficient (Wildman–Crippen LogP) is 2.80. The summed E-state index contributed by atoms with van der Waals surface area (Å²) in [5.41, 5.74) is 1.43. The summed E-state index contributed by atoms with van der Waals surface area (Å²) >= 11 is 0. The first-order chi connectivity index (χ1) is 7.80. The molecule has 16 heavy (non-hydrogen) atoms. The molecule has 3 unspecified atom stereocenters. The topological polar surface area (TPSA) is 21.3 Å². The third-order valence-electron chi connectivity index (χ3n) is 3.91. The van der Waals surface area contributed by atoms with Crippen LogP contribution in [0.15, 0.2) is 24.3 Å². The number of benzene rings is 1. The molecule has 88 valence electrons. The monoisotopic (exact) mass is 219 g/mol. The Morgan fingerprint density at radius 3 is 2.88 bits per heavy atom. The normalized spacial score (nSPS) is 28.6. The van der Waals surface area contributed by atoms with Gasteiger partial charge < -0.3 is 10.1 Å². The van der Waals surface area contributed by atoms with Crippen LogP contribution in [0.1, 0.15) is 31.2 Å². The molecule has 3 atom stereocenters. The van der Waals surface area contributed by atoms with Gasteiger partial charge in [0, 0.05) is 6.04 Å². The van der Waals surface area contributed by atoms with E-state index in [1.54, 1.807) is 7.11 Å². The third-order valence-corrected chi connectivity index (χ3v) is 3.91. The molecule has 0 amide bonds. The van der Waals surface area contributed by atoms with Crippen molar-refractivity contribution >= 4 is 0 Å². The lowest BCUT2D eigenvalue weighted by molar-refractivity contribution is 0.169. The number of rotatable bonds is 4. The van der Waals surface area contributed by atoms with Crippen molar-refractivity contribution < 1.29 is 4.74 Å². The van der Waals surface area contributed by atoms with Crippen molar-refractivity contribution in [3.8, 4) is 5.75 Å². The van der Waals surface area contributed by atoms with E-state index in [0.717, 1.165) is 11.7 Å². The first kappa shape index (κ1) is 11.5. The van der Waals surface area contributed by atoms with Gasteiger partial charge in [0.1, 0.15) is 5.75 Å². The SMILES string of the molecule is CCC1C(NC)CC1c1cccc(OC)c1. The molecule has 0 aromatic heterocycles. The second-order valence-electron chi connectivity index (χ2n) is 4.59. The van der Waals surface area contributed by atoms with Crippen molar-refractivity contribution in [3.05, 3.63) is 29.8 Å². The van der Waals surface area contributed by atoms with E-state index in [-0.39, 0.29) is 0 Å². The Morgan fingerprint density at radius 1 is 1.44 bits per heavy atom. The van der Waals surface area contributed by atoms with Gasteiger partial charge in [0.05, 0.1) is 7.11 Å². The highest BCUT2D eigenvalue weighted by Gasteiger charge is 2.39. The first-order valence-corrected chi connectivity index (χ1v) is 6.11. The maximum atomic E-state index is 5.28. The molecule has 0 heterocycles. The summed E-state index contributed by atoms with van der Waals surface area (Å²) < 4.78 is 5.28. The van der Waals surface area contributed by atoms with Crippen LogP contribution in [0, 0.1) is 5.92 Å². The second-order valence-corrected chi connectivity index (χ2v) is 4.59. The van der Waals surface area contributed by atoms with Crippen LogP contribution in [-0.4, -0.2) is 20.2 Å². The maximum Gasteiger partial charge on any atom is 0.119 e. The zero-order valence-electron chi connectivity index (χ0n) is 10.4. The van der Waals surface area contributed by atoms with Crippen molar-refractivity contribution in [1.29, 1.82) is 0 Å². The van der Waals surface area contributed by atoms with E-state index < -0.39 is 0 Å². The van der Waals surface area contributed by atoms with Gasteiger partial charge in [0.25, 0.3) is 0 Å². The van der Waals surface area contributed by atoms with Crippen LogP contribution in [0.4, 0.5) is 0 Å². The quantitative estimate of drug-likeness (QED) is 0.840. The third kappa shape index (κ3) is 1.94. The highest BCUT2D eigenvalue weighted by molar-refractivity contribution is 5.33. The number of ether oxygens (including phenoxy) is 1. The summed E-state index contributed by atoms with van der Waals surface area (Å²) in [6, 6.07) is 9.20. The van der Waals surface area contributed by atoms with Gasteiger partial charge in [-0.3, -0.25) is 0 Å². The van der Waals surface area contributed by atoms with Crippen molar-refractivity contribution in [2.24, 2.45) is 5.92 Å². The molecule has 0 bridgehead atoms. The highest BCUT2D eigenvalue weighted by Crippen LogP contribution is 2.44. The van der Waals surface area contributed by atoms with Gasteiger partial charge in [-0.15, -0.1) is 0 Å². The van der Waals surface area contributed by atoms with E-state index in [9.17, 15) is 0 Å². The summed E-state index contributed by atoms with van der Waals surface area (Å²) in [5.74, 6) is 2.45. The molecule has 1 saturated carbocycles. The lowest BCUT2D eigenvalue weighted by Gasteiger charge is -2.45. The standard InChI is InChI=1S/C14H21NO/c1-4-12-13(9-14(12)15-2)10-6-5-7-11(8-10)16-3/h5-8,12-15H,4,9H2,1-3H3. The predicted molar refractivity (Wildman–Crippen MR) is 67.0 cm³/mol. The van der Waals surface area contributed by atoms with E-state index >= 15 is 0 Å². The van der Waals surface area contributed by atoms with Crippen molar-refractivity contribution in [3.63, 3.8) is 0 Å². The molecule has 1 aromatic rings. The van der Waals surface area contributed by atoms with Crippen molar-refractivity contribution in [2.45, 2.75) is 31.7 Å². The molecule has 0 spiro atoms. The van der Waals surface area contributed by atoms with E-state index in [2.05, 4.69) is 37.5 Å². The van der Waals surface area contributed by atoms with Crippen LogP contribution in [0.2, 0.25) is 0 Å². The van der Waals surface area contributed by atoms with Crippen LogP contribution >= 0.6 is 0 Å².